The predicted octanol–water partition coefficient (Wildman–Crippen LogP) is 6.11. The average molecular weight is 550 g/mol. The van der Waals surface area contributed by atoms with E-state index in [-0.39, 0.29) is 18.0 Å². The molecule has 1 amide bonds. The van der Waals surface area contributed by atoms with Crippen LogP contribution in [0, 0.1) is 13.8 Å². The number of carbonyl (C=O) groups is 1. The quantitative estimate of drug-likeness (QED) is 0.369. The fourth-order valence-corrected chi connectivity index (χ4v) is 5.74. The summed E-state index contributed by atoms with van der Waals surface area (Å²) in [5, 5.41) is 3.37. The van der Waals surface area contributed by atoms with Gasteiger partial charge in [-0.25, -0.2) is 8.42 Å². The van der Waals surface area contributed by atoms with Crippen molar-refractivity contribution < 1.29 is 13.2 Å². The molecule has 0 heterocycles. The molecule has 3 rings (SSSR count). The average Bonchev–Trinajstić information content (AvgIpc) is 2.75. The third-order valence-corrected chi connectivity index (χ3v) is 7.76. The van der Waals surface area contributed by atoms with E-state index in [1.165, 1.54) is 28.6 Å². The van der Waals surface area contributed by atoms with E-state index < -0.39 is 15.9 Å². The number of carbonyl (C=O) groups excluding carboxylic acids is 1. The van der Waals surface area contributed by atoms with Crippen molar-refractivity contribution in [2.45, 2.75) is 38.6 Å². The van der Waals surface area contributed by atoms with Gasteiger partial charge in [0.15, 0.2) is 0 Å². The first-order valence-electron chi connectivity index (χ1n) is 10.5. The van der Waals surface area contributed by atoms with E-state index in [1.807, 2.05) is 57.2 Å². The van der Waals surface area contributed by atoms with Crippen LogP contribution in [0.25, 0.3) is 0 Å². The number of aryl methyl sites for hydroxylation is 3. The van der Waals surface area contributed by atoms with Crippen LogP contribution >= 0.6 is 27.5 Å². The Hall–Kier alpha value is -2.19. The minimum Gasteiger partial charge on any atom is -0.324 e. The number of sulfonamides is 1. The molecule has 1 N–H and O–H groups in total. The largest absolute Gasteiger partial charge is 0.324 e. The van der Waals surface area contributed by atoms with Crippen molar-refractivity contribution in [3.8, 4) is 0 Å². The number of rotatable bonds is 8. The summed E-state index contributed by atoms with van der Waals surface area (Å²) in [5.74, 6) is -0.402. The second kappa shape index (κ2) is 10.8. The third kappa shape index (κ3) is 6.44. The molecular weight excluding hydrogens is 524 g/mol. The maximum atomic E-state index is 13.5. The highest BCUT2D eigenvalue weighted by atomic mass is 79.9. The minimum absolute atomic E-state index is 0.0695. The molecule has 33 heavy (non-hydrogen) atoms. The van der Waals surface area contributed by atoms with Crippen LogP contribution in [0.3, 0.4) is 0 Å². The molecule has 0 atom stereocenters. The zero-order valence-corrected chi connectivity index (χ0v) is 21.9. The third-order valence-electron chi connectivity index (χ3n) is 5.24. The van der Waals surface area contributed by atoms with Crippen LogP contribution in [0.4, 0.5) is 5.69 Å². The highest BCUT2D eigenvalue weighted by Gasteiger charge is 2.27. The van der Waals surface area contributed by atoms with Crippen LogP contribution in [0.5, 0.6) is 0 Å². The Morgan fingerprint density at radius 1 is 1.06 bits per heavy atom. The van der Waals surface area contributed by atoms with Gasteiger partial charge in [0.1, 0.15) is 0 Å². The summed E-state index contributed by atoms with van der Waals surface area (Å²) in [6.07, 6.45) is 0.728. The van der Waals surface area contributed by atoms with Gasteiger partial charge in [-0.1, -0.05) is 64.3 Å². The lowest BCUT2D eigenvalue weighted by molar-refractivity contribution is -0.116. The second-order valence-electron chi connectivity index (χ2n) is 7.87. The maximum Gasteiger partial charge on any atom is 0.243 e. The molecule has 5 nitrogen and oxygen atoms in total. The lowest BCUT2D eigenvalue weighted by atomic mass is 10.1. The van der Waals surface area contributed by atoms with E-state index in [0.717, 1.165) is 33.1 Å². The fraction of sp³-hybridized carbons (Fsp3) is 0.240. The SMILES string of the molecule is CCc1cc(Br)cc(C)c1NC(=O)CN(Cc1cccc(C)c1)S(=O)(=O)c1ccc(Cl)cc1. The van der Waals surface area contributed by atoms with Crippen LogP contribution in [-0.2, 0) is 27.8 Å². The Morgan fingerprint density at radius 3 is 2.39 bits per heavy atom. The van der Waals surface area contributed by atoms with Gasteiger partial charge >= 0.3 is 0 Å². The van der Waals surface area contributed by atoms with Crippen LogP contribution in [0.15, 0.2) is 70.0 Å². The first-order valence-corrected chi connectivity index (χ1v) is 13.1. The van der Waals surface area contributed by atoms with Gasteiger partial charge in [-0.15, -0.1) is 0 Å². The normalized spacial score (nSPS) is 11.6. The highest BCUT2D eigenvalue weighted by Crippen LogP contribution is 2.27. The Morgan fingerprint density at radius 2 is 1.76 bits per heavy atom. The van der Waals surface area contributed by atoms with Gasteiger partial charge in [-0.3, -0.25) is 4.79 Å². The van der Waals surface area contributed by atoms with Gasteiger partial charge < -0.3 is 5.32 Å². The molecule has 0 bridgehead atoms. The molecule has 0 aromatic heterocycles. The standard InChI is InChI=1S/C25H26BrClN2O3S/c1-4-20-14-21(26)13-18(3)25(20)28-24(30)16-29(15-19-7-5-6-17(2)12-19)33(31,32)23-10-8-22(27)9-11-23/h5-14H,4,15-16H2,1-3H3,(H,28,30). The summed E-state index contributed by atoms with van der Waals surface area (Å²) in [4.78, 5) is 13.2. The number of nitrogens with one attached hydrogen (secondary N) is 1. The Bertz CT molecular complexity index is 1260. The molecule has 174 valence electrons. The molecule has 3 aromatic carbocycles. The number of halogens is 2. The van der Waals surface area contributed by atoms with E-state index >= 15 is 0 Å². The first kappa shape index (κ1) is 25.4. The van der Waals surface area contributed by atoms with Crippen molar-refractivity contribution in [3.05, 3.63) is 92.4 Å². The minimum atomic E-state index is -3.94. The molecule has 0 unspecified atom stereocenters. The lowest BCUT2D eigenvalue weighted by Crippen LogP contribution is -2.37. The monoisotopic (exact) mass is 548 g/mol. The molecule has 0 saturated carbocycles. The van der Waals surface area contributed by atoms with Crippen molar-refractivity contribution in [1.82, 2.24) is 4.31 Å². The van der Waals surface area contributed by atoms with E-state index in [0.29, 0.717) is 10.7 Å². The Kier molecular flexibility index (Phi) is 8.34. The lowest BCUT2D eigenvalue weighted by Gasteiger charge is -2.23. The van der Waals surface area contributed by atoms with E-state index in [2.05, 4.69) is 21.2 Å². The van der Waals surface area contributed by atoms with Gasteiger partial charge in [0, 0.05) is 21.7 Å². The Labute approximate surface area is 209 Å². The second-order valence-corrected chi connectivity index (χ2v) is 11.2. The molecule has 0 saturated heterocycles. The number of anilines is 1. The molecule has 0 aliphatic heterocycles. The van der Waals surface area contributed by atoms with E-state index in [1.54, 1.807) is 0 Å². The zero-order valence-electron chi connectivity index (χ0n) is 18.7. The molecule has 0 spiro atoms. The molecular formula is C25H26BrClN2O3S. The van der Waals surface area contributed by atoms with Crippen LogP contribution in [0.1, 0.15) is 29.2 Å². The molecule has 0 aliphatic rings. The van der Waals surface area contributed by atoms with E-state index in [4.69, 9.17) is 11.6 Å². The highest BCUT2D eigenvalue weighted by molar-refractivity contribution is 9.10. The summed E-state index contributed by atoms with van der Waals surface area (Å²) < 4.78 is 29.0. The number of amides is 1. The number of hydrogen-bond acceptors (Lipinski definition) is 3. The molecule has 8 heteroatoms. The van der Waals surface area contributed by atoms with Gasteiger partial charge in [0.25, 0.3) is 0 Å². The summed E-state index contributed by atoms with van der Waals surface area (Å²) in [7, 11) is -3.94. The Balaban J connectivity index is 1.93. The van der Waals surface area contributed by atoms with Crippen LogP contribution in [-0.4, -0.2) is 25.2 Å². The first-order chi connectivity index (χ1) is 15.6. The molecule has 3 aromatic rings. The van der Waals surface area contributed by atoms with Crippen molar-refractivity contribution in [2.75, 3.05) is 11.9 Å². The summed E-state index contributed by atoms with van der Waals surface area (Å²) in [5.41, 5.74) is 4.40. The maximum absolute atomic E-state index is 13.5. The fourth-order valence-electron chi connectivity index (χ4n) is 3.60. The van der Waals surface area contributed by atoms with Gasteiger partial charge in [-0.2, -0.15) is 4.31 Å². The van der Waals surface area contributed by atoms with Gasteiger partial charge in [0.05, 0.1) is 11.4 Å². The molecule has 0 aliphatic carbocycles. The van der Waals surface area contributed by atoms with Crippen LogP contribution < -0.4 is 5.32 Å². The van der Waals surface area contributed by atoms with Crippen LogP contribution in [0.2, 0.25) is 5.02 Å². The van der Waals surface area contributed by atoms with Gasteiger partial charge in [-0.05, 0) is 73.4 Å². The zero-order chi connectivity index (χ0) is 24.2. The van der Waals surface area contributed by atoms with E-state index in [9.17, 15) is 13.2 Å². The van der Waals surface area contributed by atoms with Crippen molar-refractivity contribution in [2.24, 2.45) is 0 Å². The number of hydrogen-bond donors (Lipinski definition) is 1. The topological polar surface area (TPSA) is 66.5 Å². The van der Waals surface area contributed by atoms with Crippen molar-refractivity contribution in [1.29, 1.82) is 0 Å². The molecule has 0 radical (unpaired) electrons. The van der Waals surface area contributed by atoms with Crippen molar-refractivity contribution in [3.63, 3.8) is 0 Å². The molecule has 0 fully saturated rings. The summed E-state index contributed by atoms with van der Waals surface area (Å²) in [6, 6.07) is 17.4. The summed E-state index contributed by atoms with van der Waals surface area (Å²) >= 11 is 9.43. The van der Waals surface area contributed by atoms with Crippen molar-refractivity contribution >= 4 is 49.1 Å². The number of benzene rings is 3. The van der Waals surface area contributed by atoms with Gasteiger partial charge in [0.2, 0.25) is 15.9 Å². The summed E-state index contributed by atoms with van der Waals surface area (Å²) in [6.45, 7) is 5.61. The predicted molar refractivity (Wildman–Crippen MR) is 137 cm³/mol. The number of nitrogens with zero attached hydrogens (tertiary/aromatic N) is 1. The smallest absolute Gasteiger partial charge is 0.243 e.